The van der Waals surface area contributed by atoms with Gasteiger partial charge in [-0.1, -0.05) is 18.2 Å². The van der Waals surface area contributed by atoms with Crippen LogP contribution in [-0.2, 0) is 6.61 Å². The molecule has 0 fully saturated rings. The van der Waals surface area contributed by atoms with Gasteiger partial charge in [-0.15, -0.1) is 0 Å². The maximum absolute atomic E-state index is 13.5. The third-order valence-electron chi connectivity index (χ3n) is 2.17. The SMILES string of the molecule is Nc1n[nH]c(CO)c1-c1ccccc1F. The Morgan fingerprint density at radius 3 is 2.80 bits per heavy atom. The summed E-state index contributed by atoms with van der Waals surface area (Å²) in [5.74, 6) is -0.204. The molecule has 0 aliphatic heterocycles. The minimum Gasteiger partial charge on any atom is -0.390 e. The molecular weight excluding hydrogens is 197 g/mol. The lowest BCUT2D eigenvalue weighted by Crippen LogP contribution is -1.93. The van der Waals surface area contributed by atoms with Gasteiger partial charge in [0, 0.05) is 5.56 Å². The van der Waals surface area contributed by atoms with Crippen molar-refractivity contribution < 1.29 is 9.50 Å². The molecule has 78 valence electrons. The number of rotatable bonds is 2. The molecule has 4 nitrogen and oxygen atoms in total. The minimum absolute atomic E-state index is 0.184. The van der Waals surface area contributed by atoms with Crippen LogP contribution in [0.5, 0.6) is 0 Å². The highest BCUT2D eigenvalue weighted by Gasteiger charge is 2.15. The van der Waals surface area contributed by atoms with E-state index in [9.17, 15) is 4.39 Å². The molecule has 2 aromatic rings. The van der Waals surface area contributed by atoms with Crippen molar-refractivity contribution in [1.29, 1.82) is 0 Å². The van der Waals surface area contributed by atoms with E-state index in [4.69, 9.17) is 10.8 Å². The van der Waals surface area contributed by atoms with Gasteiger partial charge in [0.15, 0.2) is 5.82 Å². The van der Waals surface area contributed by atoms with Crippen LogP contribution in [0.15, 0.2) is 24.3 Å². The van der Waals surface area contributed by atoms with Gasteiger partial charge in [-0.05, 0) is 6.07 Å². The van der Waals surface area contributed by atoms with Crippen LogP contribution in [0.1, 0.15) is 5.69 Å². The fourth-order valence-corrected chi connectivity index (χ4v) is 1.47. The molecule has 5 heteroatoms. The Kier molecular flexibility index (Phi) is 2.39. The summed E-state index contributed by atoms with van der Waals surface area (Å²) in [7, 11) is 0. The van der Waals surface area contributed by atoms with Gasteiger partial charge in [0.05, 0.1) is 17.9 Å². The summed E-state index contributed by atoms with van der Waals surface area (Å²) in [5, 5.41) is 15.3. The van der Waals surface area contributed by atoms with Crippen molar-refractivity contribution in [3.05, 3.63) is 35.8 Å². The fraction of sp³-hybridized carbons (Fsp3) is 0.100. The zero-order valence-corrected chi connectivity index (χ0v) is 7.87. The number of nitrogens with zero attached hydrogens (tertiary/aromatic N) is 1. The molecule has 0 aliphatic rings. The zero-order valence-electron chi connectivity index (χ0n) is 7.87. The lowest BCUT2D eigenvalue weighted by atomic mass is 10.1. The number of aromatic nitrogens is 2. The Morgan fingerprint density at radius 2 is 2.13 bits per heavy atom. The third-order valence-corrected chi connectivity index (χ3v) is 2.17. The molecule has 2 rings (SSSR count). The highest BCUT2D eigenvalue weighted by molar-refractivity contribution is 5.76. The predicted molar refractivity (Wildman–Crippen MR) is 54.3 cm³/mol. The summed E-state index contributed by atoms with van der Waals surface area (Å²) in [5.41, 5.74) is 6.78. The number of aliphatic hydroxyl groups is 1. The molecule has 15 heavy (non-hydrogen) atoms. The van der Waals surface area contributed by atoms with Gasteiger partial charge in [0.2, 0.25) is 0 Å². The van der Waals surface area contributed by atoms with Crippen LogP contribution >= 0.6 is 0 Å². The van der Waals surface area contributed by atoms with Gasteiger partial charge >= 0.3 is 0 Å². The number of halogens is 1. The van der Waals surface area contributed by atoms with Crippen LogP contribution in [0, 0.1) is 5.82 Å². The summed E-state index contributed by atoms with van der Waals surface area (Å²) < 4.78 is 13.5. The first-order valence-corrected chi connectivity index (χ1v) is 4.42. The van der Waals surface area contributed by atoms with Gasteiger partial charge in [0.25, 0.3) is 0 Å². The Balaban J connectivity index is 2.63. The normalized spacial score (nSPS) is 10.5. The number of aliphatic hydroxyl groups excluding tert-OH is 1. The number of hydrogen-bond acceptors (Lipinski definition) is 3. The second kappa shape index (κ2) is 3.70. The molecule has 0 spiro atoms. The molecule has 1 aromatic heterocycles. The zero-order chi connectivity index (χ0) is 10.8. The van der Waals surface area contributed by atoms with Crippen molar-refractivity contribution in [2.45, 2.75) is 6.61 Å². The van der Waals surface area contributed by atoms with Crippen LogP contribution < -0.4 is 5.73 Å². The smallest absolute Gasteiger partial charge is 0.153 e. The number of nitrogens with one attached hydrogen (secondary N) is 1. The maximum atomic E-state index is 13.5. The molecule has 0 saturated carbocycles. The molecule has 0 unspecified atom stereocenters. The number of aromatic amines is 1. The van der Waals surface area contributed by atoms with Crippen molar-refractivity contribution in [3.8, 4) is 11.1 Å². The fourth-order valence-electron chi connectivity index (χ4n) is 1.47. The number of benzene rings is 1. The van der Waals surface area contributed by atoms with Crippen molar-refractivity contribution in [1.82, 2.24) is 10.2 Å². The summed E-state index contributed by atoms with van der Waals surface area (Å²) in [6.45, 7) is -0.256. The van der Waals surface area contributed by atoms with Crippen molar-refractivity contribution in [2.75, 3.05) is 5.73 Å². The first kappa shape index (κ1) is 9.67. The average Bonchev–Trinajstić information content (AvgIpc) is 2.60. The molecule has 1 aromatic carbocycles. The van der Waals surface area contributed by atoms with E-state index in [0.29, 0.717) is 16.8 Å². The summed E-state index contributed by atoms with van der Waals surface area (Å²) >= 11 is 0. The van der Waals surface area contributed by atoms with Gasteiger partial charge in [0.1, 0.15) is 5.82 Å². The Morgan fingerprint density at radius 1 is 1.40 bits per heavy atom. The number of nitrogen functional groups attached to an aromatic ring is 1. The highest BCUT2D eigenvalue weighted by atomic mass is 19.1. The standard InChI is InChI=1S/C10H10FN3O/c11-7-4-2-1-3-6(7)9-8(5-15)13-14-10(9)12/h1-4,15H,5H2,(H3,12,13,14). The topological polar surface area (TPSA) is 74.9 Å². The van der Waals surface area contributed by atoms with E-state index < -0.39 is 0 Å². The number of anilines is 1. The summed E-state index contributed by atoms with van der Waals surface area (Å²) in [4.78, 5) is 0. The molecule has 0 aliphatic carbocycles. The molecule has 4 N–H and O–H groups in total. The summed E-state index contributed by atoms with van der Waals surface area (Å²) in [6, 6.07) is 6.22. The molecule has 1 heterocycles. The van der Waals surface area contributed by atoms with Gasteiger partial charge in [-0.2, -0.15) is 5.10 Å². The number of hydrogen-bond donors (Lipinski definition) is 3. The van der Waals surface area contributed by atoms with E-state index in [1.54, 1.807) is 18.2 Å². The van der Waals surface area contributed by atoms with Crippen molar-refractivity contribution in [2.24, 2.45) is 0 Å². The quantitative estimate of drug-likeness (QED) is 0.694. The summed E-state index contributed by atoms with van der Waals surface area (Å²) in [6.07, 6.45) is 0. The van der Waals surface area contributed by atoms with Gasteiger partial charge in [-0.25, -0.2) is 4.39 Å². The van der Waals surface area contributed by atoms with Crippen molar-refractivity contribution in [3.63, 3.8) is 0 Å². The van der Waals surface area contributed by atoms with Crippen LogP contribution in [0.25, 0.3) is 11.1 Å². The largest absolute Gasteiger partial charge is 0.390 e. The van der Waals surface area contributed by atoms with Crippen LogP contribution in [0.3, 0.4) is 0 Å². The van der Waals surface area contributed by atoms with Gasteiger partial charge < -0.3 is 10.8 Å². The first-order chi connectivity index (χ1) is 7.24. The Hall–Kier alpha value is -1.88. The maximum Gasteiger partial charge on any atom is 0.153 e. The number of nitrogens with two attached hydrogens (primary N) is 1. The molecule has 0 saturated heterocycles. The van der Waals surface area contributed by atoms with E-state index in [1.165, 1.54) is 6.07 Å². The van der Waals surface area contributed by atoms with Crippen molar-refractivity contribution >= 4 is 5.82 Å². The van der Waals surface area contributed by atoms with E-state index in [1.807, 2.05) is 0 Å². The minimum atomic E-state index is -0.389. The third kappa shape index (κ3) is 1.57. The molecular formula is C10H10FN3O. The Bertz CT molecular complexity index is 481. The lowest BCUT2D eigenvalue weighted by molar-refractivity contribution is 0.277. The van der Waals surface area contributed by atoms with Gasteiger partial charge in [-0.3, -0.25) is 5.10 Å². The molecule has 0 amide bonds. The monoisotopic (exact) mass is 207 g/mol. The predicted octanol–water partition coefficient (Wildman–Crippen LogP) is 1.29. The second-order valence-electron chi connectivity index (χ2n) is 3.10. The Labute approximate surface area is 85.6 Å². The molecule has 0 radical (unpaired) electrons. The van der Waals surface area contributed by atoms with E-state index in [-0.39, 0.29) is 18.2 Å². The van der Waals surface area contributed by atoms with Crippen LogP contribution in [-0.4, -0.2) is 15.3 Å². The molecule has 0 atom stereocenters. The molecule has 0 bridgehead atoms. The van der Waals surface area contributed by atoms with E-state index in [2.05, 4.69) is 10.2 Å². The van der Waals surface area contributed by atoms with E-state index >= 15 is 0 Å². The van der Waals surface area contributed by atoms with Crippen LogP contribution in [0.4, 0.5) is 10.2 Å². The average molecular weight is 207 g/mol. The second-order valence-corrected chi connectivity index (χ2v) is 3.10. The first-order valence-electron chi connectivity index (χ1n) is 4.42. The van der Waals surface area contributed by atoms with E-state index in [0.717, 1.165) is 0 Å². The lowest BCUT2D eigenvalue weighted by Gasteiger charge is -2.03. The number of H-pyrrole nitrogens is 1. The van der Waals surface area contributed by atoms with Crippen LogP contribution in [0.2, 0.25) is 0 Å². The highest BCUT2D eigenvalue weighted by Crippen LogP contribution is 2.29.